The molecule has 3 rings (SSSR count). The molecule has 0 bridgehead atoms. The molecule has 5 heteroatoms. The van der Waals surface area contributed by atoms with E-state index < -0.39 is 10.0 Å². The standard InChI is InChI=1S/C16H17NO2S2/c1-13-7-9-15(10-8-13)21(18,19)17-11-12-20-16(17)14-5-3-2-4-6-14/h2-10,16H,11-12H2,1H3/t16-/m1/s1. The molecule has 1 atom stereocenters. The summed E-state index contributed by atoms with van der Waals surface area (Å²) >= 11 is 1.68. The van der Waals surface area contributed by atoms with Gasteiger partial charge in [0.1, 0.15) is 0 Å². The van der Waals surface area contributed by atoms with E-state index >= 15 is 0 Å². The van der Waals surface area contributed by atoms with E-state index in [2.05, 4.69) is 0 Å². The summed E-state index contributed by atoms with van der Waals surface area (Å²) in [6, 6.07) is 16.9. The third-order valence-corrected chi connectivity index (χ3v) is 6.83. The van der Waals surface area contributed by atoms with Crippen LogP contribution in [0.15, 0.2) is 59.5 Å². The first-order valence-electron chi connectivity index (χ1n) is 6.84. The maximum Gasteiger partial charge on any atom is 0.244 e. The highest BCUT2D eigenvalue weighted by Gasteiger charge is 2.36. The molecular formula is C16H17NO2S2. The third kappa shape index (κ3) is 2.86. The van der Waals surface area contributed by atoms with Crippen molar-refractivity contribution in [3.63, 3.8) is 0 Å². The fourth-order valence-corrected chi connectivity index (χ4v) is 5.67. The number of thioether (sulfide) groups is 1. The van der Waals surface area contributed by atoms with Gasteiger partial charge in [-0.3, -0.25) is 0 Å². The first-order chi connectivity index (χ1) is 10.1. The van der Waals surface area contributed by atoms with E-state index in [0.717, 1.165) is 16.9 Å². The van der Waals surface area contributed by atoms with Crippen LogP contribution < -0.4 is 0 Å². The highest BCUT2D eigenvalue weighted by Crippen LogP contribution is 2.41. The summed E-state index contributed by atoms with van der Waals surface area (Å²) in [5.41, 5.74) is 2.10. The molecule has 2 aromatic rings. The number of benzene rings is 2. The second-order valence-electron chi connectivity index (χ2n) is 5.06. The van der Waals surface area contributed by atoms with Crippen LogP contribution in [0.1, 0.15) is 16.5 Å². The van der Waals surface area contributed by atoms with E-state index in [9.17, 15) is 8.42 Å². The van der Waals surface area contributed by atoms with Crippen molar-refractivity contribution < 1.29 is 8.42 Å². The van der Waals surface area contributed by atoms with Gasteiger partial charge in [-0.25, -0.2) is 8.42 Å². The molecule has 21 heavy (non-hydrogen) atoms. The largest absolute Gasteiger partial charge is 0.244 e. The molecule has 2 aromatic carbocycles. The van der Waals surface area contributed by atoms with Crippen LogP contribution in [0.25, 0.3) is 0 Å². The Morgan fingerprint density at radius 1 is 1.05 bits per heavy atom. The van der Waals surface area contributed by atoms with Gasteiger partial charge < -0.3 is 0 Å². The molecule has 0 amide bonds. The van der Waals surface area contributed by atoms with Gasteiger partial charge in [-0.2, -0.15) is 4.31 Å². The molecule has 0 unspecified atom stereocenters. The maximum absolute atomic E-state index is 12.8. The van der Waals surface area contributed by atoms with E-state index in [-0.39, 0.29) is 5.37 Å². The van der Waals surface area contributed by atoms with Crippen LogP contribution in [0.4, 0.5) is 0 Å². The summed E-state index contributed by atoms with van der Waals surface area (Å²) < 4.78 is 27.3. The Bertz CT molecular complexity index is 712. The van der Waals surface area contributed by atoms with Crippen molar-refractivity contribution in [2.75, 3.05) is 12.3 Å². The predicted octanol–water partition coefficient (Wildman–Crippen LogP) is 3.43. The van der Waals surface area contributed by atoms with Crippen LogP contribution >= 0.6 is 11.8 Å². The molecule has 0 spiro atoms. The Balaban J connectivity index is 1.96. The summed E-state index contributed by atoms with van der Waals surface area (Å²) in [6.45, 7) is 2.51. The van der Waals surface area contributed by atoms with Crippen molar-refractivity contribution in [1.29, 1.82) is 0 Å². The summed E-state index contributed by atoms with van der Waals surface area (Å²) in [6.07, 6.45) is 0. The zero-order chi connectivity index (χ0) is 14.9. The van der Waals surface area contributed by atoms with Crippen LogP contribution in [-0.2, 0) is 10.0 Å². The average molecular weight is 319 g/mol. The van der Waals surface area contributed by atoms with E-state index in [1.54, 1.807) is 28.2 Å². The topological polar surface area (TPSA) is 37.4 Å². The lowest BCUT2D eigenvalue weighted by atomic mass is 10.2. The maximum atomic E-state index is 12.8. The molecule has 0 radical (unpaired) electrons. The number of rotatable bonds is 3. The molecule has 1 fully saturated rings. The van der Waals surface area contributed by atoms with Crippen LogP contribution in [-0.4, -0.2) is 25.0 Å². The van der Waals surface area contributed by atoms with Crippen molar-refractivity contribution in [1.82, 2.24) is 4.31 Å². The van der Waals surface area contributed by atoms with E-state index in [1.807, 2.05) is 49.4 Å². The van der Waals surface area contributed by atoms with E-state index in [0.29, 0.717) is 11.4 Å². The van der Waals surface area contributed by atoms with Gasteiger partial charge in [-0.1, -0.05) is 48.0 Å². The molecule has 0 aromatic heterocycles. The number of nitrogens with zero attached hydrogens (tertiary/aromatic N) is 1. The molecule has 110 valence electrons. The van der Waals surface area contributed by atoms with Gasteiger partial charge in [-0.15, -0.1) is 11.8 Å². The minimum Gasteiger partial charge on any atom is -0.207 e. The molecule has 0 aliphatic carbocycles. The average Bonchev–Trinajstić information content (AvgIpc) is 2.99. The number of aryl methyl sites for hydroxylation is 1. The number of hydrogen-bond acceptors (Lipinski definition) is 3. The van der Waals surface area contributed by atoms with Gasteiger partial charge in [0.2, 0.25) is 10.0 Å². The summed E-state index contributed by atoms with van der Waals surface area (Å²) in [5, 5.41) is -0.127. The number of sulfonamides is 1. The SMILES string of the molecule is Cc1ccc(S(=O)(=O)N2CCS[C@@H]2c2ccccc2)cc1. The lowest BCUT2D eigenvalue weighted by Crippen LogP contribution is -2.30. The second-order valence-corrected chi connectivity index (χ2v) is 8.14. The summed E-state index contributed by atoms with van der Waals surface area (Å²) in [5.74, 6) is 0.824. The van der Waals surface area contributed by atoms with Crippen LogP contribution in [0.5, 0.6) is 0 Å². The van der Waals surface area contributed by atoms with Crippen LogP contribution in [0, 0.1) is 6.92 Å². The zero-order valence-electron chi connectivity index (χ0n) is 11.8. The first-order valence-corrected chi connectivity index (χ1v) is 9.33. The lowest BCUT2D eigenvalue weighted by Gasteiger charge is -2.23. The number of hydrogen-bond donors (Lipinski definition) is 0. The van der Waals surface area contributed by atoms with Gasteiger partial charge in [0.25, 0.3) is 0 Å². The van der Waals surface area contributed by atoms with E-state index in [4.69, 9.17) is 0 Å². The molecule has 1 heterocycles. The molecule has 3 nitrogen and oxygen atoms in total. The van der Waals surface area contributed by atoms with Crippen molar-refractivity contribution in [2.24, 2.45) is 0 Å². The minimum atomic E-state index is -3.44. The fourth-order valence-electron chi connectivity index (χ4n) is 2.43. The van der Waals surface area contributed by atoms with Gasteiger partial charge >= 0.3 is 0 Å². The Kier molecular flexibility index (Phi) is 4.06. The van der Waals surface area contributed by atoms with Crippen molar-refractivity contribution >= 4 is 21.8 Å². The van der Waals surface area contributed by atoms with Crippen LogP contribution in [0.3, 0.4) is 0 Å². The Hall–Kier alpha value is -1.30. The summed E-state index contributed by atoms with van der Waals surface area (Å²) in [7, 11) is -3.44. The molecule has 1 aliphatic rings. The van der Waals surface area contributed by atoms with Crippen molar-refractivity contribution in [3.8, 4) is 0 Å². The fraction of sp³-hybridized carbons (Fsp3) is 0.250. The zero-order valence-corrected chi connectivity index (χ0v) is 13.4. The Labute approximate surface area is 130 Å². The van der Waals surface area contributed by atoms with Crippen molar-refractivity contribution in [3.05, 3.63) is 65.7 Å². The molecule has 0 N–H and O–H groups in total. The minimum absolute atomic E-state index is 0.127. The van der Waals surface area contributed by atoms with Gasteiger partial charge in [0.15, 0.2) is 0 Å². The lowest BCUT2D eigenvalue weighted by molar-refractivity contribution is 0.434. The molecule has 1 aliphatic heterocycles. The highest BCUT2D eigenvalue weighted by atomic mass is 32.2. The first kappa shape index (κ1) is 14.6. The molecule has 1 saturated heterocycles. The van der Waals surface area contributed by atoms with Crippen molar-refractivity contribution in [2.45, 2.75) is 17.2 Å². The van der Waals surface area contributed by atoms with Gasteiger partial charge in [-0.05, 0) is 24.6 Å². The second kappa shape index (κ2) is 5.83. The predicted molar refractivity (Wildman–Crippen MR) is 86.7 cm³/mol. The molecule has 0 saturated carbocycles. The third-order valence-electron chi connectivity index (χ3n) is 3.56. The quantitative estimate of drug-likeness (QED) is 0.870. The monoisotopic (exact) mass is 319 g/mol. The highest BCUT2D eigenvalue weighted by molar-refractivity contribution is 8.01. The van der Waals surface area contributed by atoms with E-state index in [1.165, 1.54) is 0 Å². The normalized spacial score (nSPS) is 19.8. The van der Waals surface area contributed by atoms with Gasteiger partial charge in [0, 0.05) is 12.3 Å². The Morgan fingerprint density at radius 2 is 1.71 bits per heavy atom. The van der Waals surface area contributed by atoms with Gasteiger partial charge in [0.05, 0.1) is 10.3 Å². The summed E-state index contributed by atoms with van der Waals surface area (Å²) in [4.78, 5) is 0.372. The molecular weight excluding hydrogens is 302 g/mol. The van der Waals surface area contributed by atoms with Crippen LogP contribution in [0.2, 0.25) is 0 Å². The smallest absolute Gasteiger partial charge is 0.207 e. The Morgan fingerprint density at radius 3 is 2.38 bits per heavy atom.